The lowest BCUT2D eigenvalue weighted by molar-refractivity contribution is -0.125. The second kappa shape index (κ2) is 8.59. The van der Waals surface area contributed by atoms with Gasteiger partial charge in [0, 0.05) is 23.2 Å². The van der Waals surface area contributed by atoms with Crippen LogP contribution in [0.3, 0.4) is 0 Å². The molecule has 1 aliphatic heterocycles. The zero-order valence-corrected chi connectivity index (χ0v) is 16.1. The van der Waals surface area contributed by atoms with Crippen molar-refractivity contribution in [3.8, 4) is 0 Å². The zero-order chi connectivity index (χ0) is 19.3. The van der Waals surface area contributed by atoms with Gasteiger partial charge >= 0.3 is 0 Å². The molecular weight excluding hydrogens is 352 g/mol. The van der Waals surface area contributed by atoms with Gasteiger partial charge in [0.15, 0.2) is 0 Å². The quantitative estimate of drug-likeness (QED) is 0.690. The van der Waals surface area contributed by atoms with Gasteiger partial charge in [-0.05, 0) is 30.5 Å². The van der Waals surface area contributed by atoms with Crippen LogP contribution in [0, 0.1) is 6.92 Å². The number of ether oxygens (including phenoxy) is 2. The minimum absolute atomic E-state index is 0.00309. The number of rotatable bonds is 6. The molecule has 1 aliphatic rings. The third kappa shape index (κ3) is 4.26. The number of aromatic nitrogens is 1. The van der Waals surface area contributed by atoms with Crippen molar-refractivity contribution < 1.29 is 14.3 Å². The van der Waals surface area contributed by atoms with Crippen LogP contribution in [0.25, 0.3) is 10.9 Å². The predicted molar refractivity (Wildman–Crippen MR) is 109 cm³/mol. The van der Waals surface area contributed by atoms with E-state index in [2.05, 4.69) is 16.4 Å². The molecule has 2 atom stereocenters. The Morgan fingerprint density at radius 3 is 2.82 bits per heavy atom. The lowest BCUT2D eigenvalue weighted by Gasteiger charge is -2.32. The summed E-state index contributed by atoms with van der Waals surface area (Å²) in [4.78, 5) is 16.1. The molecule has 0 radical (unpaired) electrons. The van der Waals surface area contributed by atoms with Gasteiger partial charge in [-0.15, -0.1) is 0 Å². The third-order valence-corrected chi connectivity index (χ3v) is 5.31. The molecule has 0 saturated carbocycles. The van der Waals surface area contributed by atoms with Crippen LogP contribution < -0.4 is 5.32 Å². The largest absolute Gasteiger partial charge is 0.379 e. The Balaban J connectivity index is 1.39. The second-order valence-electron chi connectivity index (χ2n) is 7.32. The summed E-state index contributed by atoms with van der Waals surface area (Å²) < 4.78 is 11.7. The summed E-state index contributed by atoms with van der Waals surface area (Å²) in [6.07, 6.45) is 1.09. The summed E-state index contributed by atoms with van der Waals surface area (Å²) >= 11 is 0. The summed E-state index contributed by atoms with van der Waals surface area (Å²) in [6.45, 7) is 3.70. The highest BCUT2D eigenvalue weighted by molar-refractivity contribution is 5.90. The first-order valence-corrected chi connectivity index (χ1v) is 9.79. The number of H-pyrrole nitrogens is 1. The van der Waals surface area contributed by atoms with E-state index in [-0.39, 0.29) is 18.1 Å². The van der Waals surface area contributed by atoms with E-state index in [4.69, 9.17) is 9.47 Å². The van der Waals surface area contributed by atoms with Gasteiger partial charge in [-0.25, -0.2) is 0 Å². The molecule has 146 valence electrons. The number of amides is 1. The van der Waals surface area contributed by atoms with Gasteiger partial charge < -0.3 is 19.8 Å². The Morgan fingerprint density at radius 1 is 1.18 bits per heavy atom. The van der Waals surface area contributed by atoms with Gasteiger partial charge in [-0.2, -0.15) is 0 Å². The highest BCUT2D eigenvalue weighted by Crippen LogP contribution is 2.22. The monoisotopic (exact) mass is 378 g/mol. The van der Waals surface area contributed by atoms with Crippen molar-refractivity contribution in [3.63, 3.8) is 0 Å². The van der Waals surface area contributed by atoms with Crippen molar-refractivity contribution >= 4 is 16.8 Å². The van der Waals surface area contributed by atoms with Crippen LogP contribution >= 0.6 is 0 Å². The molecule has 5 heteroatoms. The number of benzene rings is 2. The standard InChI is InChI=1S/C23H26N2O3/c1-16-19(18-9-5-6-10-20(18)24-16)13-23(26)25-21-15-27-12-11-22(21)28-14-17-7-3-2-4-8-17/h2-10,21-22,24H,11-15H2,1H3,(H,25,26)/t21-,22+/m1/s1. The van der Waals surface area contributed by atoms with Crippen LogP contribution in [0.1, 0.15) is 23.2 Å². The summed E-state index contributed by atoms with van der Waals surface area (Å²) in [6, 6.07) is 18.1. The first-order valence-electron chi connectivity index (χ1n) is 9.79. The number of para-hydroxylation sites is 1. The van der Waals surface area contributed by atoms with E-state index in [1.807, 2.05) is 55.5 Å². The summed E-state index contributed by atoms with van der Waals surface area (Å²) in [5, 5.41) is 4.24. The molecule has 1 aromatic heterocycles. The van der Waals surface area contributed by atoms with Crippen LogP contribution in [-0.4, -0.2) is 36.3 Å². The number of carbonyl (C=O) groups excluding carboxylic acids is 1. The Morgan fingerprint density at radius 2 is 1.96 bits per heavy atom. The number of nitrogens with one attached hydrogen (secondary N) is 2. The zero-order valence-electron chi connectivity index (χ0n) is 16.1. The number of hydrogen-bond donors (Lipinski definition) is 2. The fourth-order valence-electron chi connectivity index (χ4n) is 3.81. The van der Waals surface area contributed by atoms with Crippen LogP contribution in [0.4, 0.5) is 0 Å². The molecule has 2 heterocycles. The molecule has 1 amide bonds. The fourth-order valence-corrected chi connectivity index (χ4v) is 3.81. The predicted octanol–water partition coefficient (Wildman–Crippen LogP) is 3.51. The molecule has 5 nitrogen and oxygen atoms in total. The maximum atomic E-state index is 12.8. The van der Waals surface area contributed by atoms with Crippen molar-refractivity contribution in [2.75, 3.05) is 13.2 Å². The van der Waals surface area contributed by atoms with E-state index in [0.717, 1.165) is 34.1 Å². The first-order chi connectivity index (χ1) is 13.7. The van der Waals surface area contributed by atoms with E-state index in [1.165, 1.54) is 0 Å². The maximum Gasteiger partial charge on any atom is 0.224 e. The van der Waals surface area contributed by atoms with E-state index in [9.17, 15) is 4.79 Å². The van der Waals surface area contributed by atoms with Crippen LogP contribution in [0.2, 0.25) is 0 Å². The van der Waals surface area contributed by atoms with Gasteiger partial charge in [-0.3, -0.25) is 4.79 Å². The Labute approximate surface area is 165 Å². The average Bonchev–Trinajstić information content (AvgIpc) is 3.03. The summed E-state index contributed by atoms with van der Waals surface area (Å²) in [5.74, 6) is -0.00309. The molecule has 0 bridgehead atoms. The molecule has 3 aromatic rings. The third-order valence-electron chi connectivity index (χ3n) is 5.31. The molecule has 0 aliphatic carbocycles. The summed E-state index contributed by atoms with van der Waals surface area (Å²) in [7, 11) is 0. The van der Waals surface area contributed by atoms with Crippen molar-refractivity contribution in [2.24, 2.45) is 0 Å². The lowest BCUT2D eigenvalue weighted by Crippen LogP contribution is -2.50. The Bertz CT molecular complexity index is 935. The maximum absolute atomic E-state index is 12.8. The fraction of sp³-hybridized carbons (Fsp3) is 0.348. The molecule has 2 N–H and O–H groups in total. The molecular formula is C23H26N2O3. The van der Waals surface area contributed by atoms with Crippen molar-refractivity contribution in [1.82, 2.24) is 10.3 Å². The van der Waals surface area contributed by atoms with Crippen molar-refractivity contribution in [2.45, 2.75) is 38.5 Å². The van der Waals surface area contributed by atoms with Crippen molar-refractivity contribution in [1.29, 1.82) is 0 Å². The molecule has 1 fully saturated rings. The van der Waals surface area contributed by atoms with Gasteiger partial charge in [-0.1, -0.05) is 48.5 Å². The molecule has 4 rings (SSSR count). The average molecular weight is 378 g/mol. The number of carbonyl (C=O) groups is 1. The number of fused-ring (bicyclic) bond motifs is 1. The Hall–Kier alpha value is -2.63. The molecule has 0 spiro atoms. The lowest BCUT2D eigenvalue weighted by atomic mass is 10.0. The van der Waals surface area contributed by atoms with Crippen LogP contribution in [0.15, 0.2) is 54.6 Å². The minimum Gasteiger partial charge on any atom is -0.379 e. The molecule has 2 aromatic carbocycles. The van der Waals surface area contributed by atoms with Gasteiger partial charge in [0.25, 0.3) is 0 Å². The minimum atomic E-state index is -0.129. The first kappa shape index (κ1) is 18.7. The Kier molecular flexibility index (Phi) is 5.74. The highest BCUT2D eigenvalue weighted by Gasteiger charge is 2.28. The van der Waals surface area contributed by atoms with Gasteiger partial charge in [0.1, 0.15) is 0 Å². The smallest absolute Gasteiger partial charge is 0.224 e. The second-order valence-corrected chi connectivity index (χ2v) is 7.32. The number of aromatic amines is 1. The van der Waals surface area contributed by atoms with Gasteiger partial charge in [0.2, 0.25) is 5.91 Å². The SMILES string of the molecule is Cc1[nH]c2ccccc2c1CC(=O)N[C@@H]1COCC[C@@H]1OCc1ccccc1. The highest BCUT2D eigenvalue weighted by atomic mass is 16.5. The van der Waals surface area contributed by atoms with E-state index in [0.29, 0.717) is 26.2 Å². The summed E-state index contributed by atoms with van der Waals surface area (Å²) in [5.41, 5.74) is 4.28. The van der Waals surface area contributed by atoms with E-state index < -0.39 is 0 Å². The molecule has 1 saturated heterocycles. The molecule has 28 heavy (non-hydrogen) atoms. The van der Waals surface area contributed by atoms with E-state index in [1.54, 1.807) is 0 Å². The van der Waals surface area contributed by atoms with E-state index >= 15 is 0 Å². The van der Waals surface area contributed by atoms with Crippen molar-refractivity contribution in [3.05, 3.63) is 71.4 Å². The normalized spacial score (nSPS) is 19.6. The van der Waals surface area contributed by atoms with Crippen LogP contribution in [-0.2, 0) is 27.3 Å². The number of hydrogen-bond acceptors (Lipinski definition) is 3. The molecule has 0 unspecified atom stereocenters. The van der Waals surface area contributed by atoms with Crippen LogP contribution in [0.5, 0.6) is 0 Å². The number of aryl methyl sites for hydroxylation is 1. The van der Waals surface area contributed by atoms with Gasteiger partial charge in [0.05, 0.1) is 31.8 Å². The topological polar surface area (TPSA) is 63.4 Å².